The van der Waals surface area contributed by atoms with E-state index < -0.39 is 12.0 Å². The summed E-state index contributed by atoms with van der Waals surface area (Å²) in [5.41, 5.74) is 7.25. The topological polar surface area (TPSA) is 131 Å². The maximum absolute atomic E-state index is 11.5. The molecule has 8 aromatic carbocycles. The monoisotopic (exact) mass is 1030 g/mol. The number of benzene rings is 8. The smallest absolute Gasteiger partial charge is 0.399 e. The van der Waals surface area contributed by atoms with Gasteiger partial charge in [0, 0.05) is 54.8 Å². The molecular formula is C56H42BBrCl2N4O6. The normalized spacial score (nSPS) is 13.7. The van der Waals surface area contributed by atoms with Crippen molar-refractivity contribution in [3.05, 3.63) is 217 Å². The van der Waals surface area contributed by atoms with E-state index in [1.54, 1.807) is 6.07 Å². The standard InChI is InChI=1S/C25H24BNO2.C25H15ClN2O2.C6H3BrClNO2/c1-24(2)25(3,4)29-26(28-24)18-14-15-20-19-12-8-9-13-21(19)23(27-22(20)16-18)17-10-6-5-7-11-17;26-18-11-13-24(28(29)30)22(15-18)17-10-12-20-19-8-4-5-9-21(19)25(27-23(20)14-17)16-6-2-1-3-7-16;7-5-3-4(8)1-2-6(5)9(10)11/h5-16H,1-4H3;1-15H;1-3H. The zero-order chi connectivity index (χ0) is 49.3. The Morgan fingerprint density at radius 3 is 1.43 bits per heavy atom. The predicted molar refractivity (Wildman–Crippen MR) is 288 cm³/mol. The van der Waals surface area contributed by atoms with Gasteiger partial charge in [0.15, 0.2) is 0 Å². The number of nitro benzene ring substituents is 2. The molecule has 0 bridgehead atoms. The Morgan fingerprint density at radius 1 is 0.486 bits per heavy atom. The van der Waals surface area contributed by atoms with Crippen molar-refractivity contribution in [1.29, 1.82) is 0 Å². The van der Waals surface area contributed by atoms with Gasteiger partial charge in [-0.05, 0) is 102 Å². The van der Waals surface area contributed by atoms with Crippen molar-refractivity contribution < 1.29 is 19.2 Å². The van der Waals surface area contributed by atoms with E-state index in [1.807, 2.05) is 66.7 Å². The fourth-order valence-electron chi connectivity index (χ4n) is 8.38. The van der Waals surface area contributed by atoms with Gasteiger partial charge in [-0.25, -0.2) is 9.97 Å². The van der Waals surface area contributed by atoms with Gasteiger partial charge in [0.1, 0.15) is 0 Å². The van der Waals surface area contributed by atoms with Gasteiger partial charge < -0.3 is 9.31 Å². The molecule has 1 fully saturated rings. The molecule has 10 aromatic rings. The molecule has 0 unspecified atom stereocenters. The Balaban J connectivity index is 0.000000144. The fraction of sp³-hybridized carbons (Fsp3) is 0.107. The summed E-state index contributed by atoms with van der Waals surface area (Å²) in [5.74, 6) is 0. The highest BCUT2D eigenvalue weighted by Gasteiger charge is 2.51. The minimum absolute atomic E-state index is 0.0165. The second kappa shape index (κ2) is 19.7. The lowest BCUT2D eigenvalue weighted by Crippen LogP contribution is -2.41. The van der Waals surface area contributed by atoms with Crippen LogP contribution in [0.15, 0.2) is 186 Å². The Hall–Kier alpha value is -7.06. The molecule has 1 aliphatic heterocycles. The quantitative estimate of drug-likeness (QED) is 0.0696. The van der Waals surface area contributed by atoms with Crippen molar-refractivity contribution in [2.24, 2.45) is 0 Å². The SMILES string of the molecule is CC1(C)OB(c2ccc3c(c2)nc(-c2ccccc2)c2ccccc23)OC1(C)C.O=[N+]([O-])c1ccc(Cl)cc1-c1ccc2c(c1)nc(-c1ccccc1)c1ccccc12.O=[N+]([O-])c1ccc(Cl)cc1Br. The highest BCUT2D eigenvalue weighted by molar-refractivity contribution is 9.10. The van der Waals surface area contributed by atoms with Crippen LogP contribution in [0.5, 0.6) is 0 Å². The molecular weight excluding hydrogens is 986 g/mol. The summed E-state index contributed by atoms with van der Waals surface area (Å²) in [6.07, 6.45) is 0. The van der Waals surface area contributed by atoms with Crippen LogP contribution in [0, 0.1) is 20.2 Å². The Bertz CT molecular complexity index is 3620. The molecule has 346 valence electrons. The van der Waals surface area contributed by atoms with Crippen LogP contribution in [0.2, 0.25) is 10.0 Å². The molecule has 0 amide bonds. The molecule has 1 aliphatic rings. The number of halogens is 3. The Morgan fingerprint density at radius 2 is 0.929 bits per heavy atom. The molecule has 0 spiro atoms. The minimum Gasteiger partial charge on any atom is -0.399 e. The van der Waals surface area contributed by atoms with Crippen LogP contribution in [0.4, 0.5) is 11.4 Å². The van der Waals surface area contributed by atoms with Crippen LogP contribution in [0.1, 0.15) is 27.7 Å². The second-order valence-corrected chi connectivity index (χ2v) is 19.3. The molecule has 2 aromatic heterocycles. The lowest BCUT2D eigenvalue weighted by atomic mass is 9.78. The number of fused-ring (bicyclic) bond motifs is 6. The maximum atomic E-state index is 11.5. The van der Waals surface area contributed by atoms with E-state index in [1.165, 1.54) is 35.7 Å². The van der Waals surface area contributed by atoms with E-state index in [4.69, 9.17) is 42.5 Å². The van der Waals surface area contributed by atoms with Crippen molar-refractivity contribution in [3.63, 3.8) is 0 Å². The van der Waals surface area contributed by atoms with E-state index in [9.17, 15) is 20.2 Å². The first-order valence-electron chi connectivity index (χ1n) is 22.2. The van der Waals surface area contributed by atoms with E-state index >= 15 is 0 Å². The number of hydrogen-bond acceptors (Lipinski definition) is 8. The first-order chi connectivity index (χ1) is 33.6. The number of pyridine rings is 2. The van der Waals surface area contributed by atoms with Crippen LogP contribution in [0.3, 0.4) is 0 Å². The Kier molecular flexibility index (Phi) is 13.5. The van der Waals surface area contributed by atoms with Crippen LogP contribution >= 0.6 is 39.1 Å². The third-order valence-electron chi connectivity index (χ3n) is 12.6. The predicted octanol–water partition coefficient (Wildman–Crippen LogP) is 15.6. The first kappa shape index (κ1) is 48.0. The molecule has 11 rings (SSSR count). The van der Waals surface area contributed by atoms with E-state index in [-0.39, 0.29) is 27.5 Å². The van der Waals surface area contributed by atoms with E-state index in [0.717, 1.165) is 65.9 Å². The summed E-state index contributed by atoms with van der Waals surface area (Å²) in [6, 6.07) is 58.0. The molecule has 3 heterocycles. The highest BCUT2D eigenvalue weighted by Crippen LogP contribution is 2.39. The summed E-state index contributed by atoms with van der Waals surface area (Å²) in [4.78, 5) is 31.0. The molecule has 0 radical (unpaired) electrons. The molecule has 1 saturated heterocycles. The van der Waals surface area contributed by atoms with Crippen LogP contribution < -0.4 is 5.46 Å². The number of rotatable bonds is 6. The van der Waals surface area contributed by atoms with E-state index in [0.29, 0.717) is 25.6 Å². The summed E-state index contributed by atoms with van der Waals surface area (Å²) in [6.45, 7) is 8.31. The van der Waals surface area contributed by atoms with Gasteiger partial charge in [-0.15, -0.1) is 0 Å². The largest absolute Gasteiger partial charge is 0.494 e. The summed E-state index contributed by atoms with van der Waals surface area (Å²) in [7, 11) is -0.391. The average Bonchev–Trinajstić information content (AvgIpc) is 3.59. The molecule has 0 aliphatic carbocycles. The fourth-order valence-corrected chi connectivity index (χ4v) is 9.38. The number of aromatic nitrogens is 2. The van der Waals surface area contributed by atoms with Crippen molar-refractivity contribution in [1.82, 2.24) is 9.97 Å². The lowest BCUT2D eigenvalue weighted by molar-refractivity contribution is -0.385. The van der Waals surface area contributed by atoms with Crippen LogP contribution in [-0.2, 0) is 9.31 Å². The summed E-state index contributed by atoms with van der Waals surface area (Å²) >= 11 is 14.7. The molecule has 0 atom stereocenters. The number of hydrogen-bond donors (Lipinski definition) is 0. The zero-order valence-corrected chi connectivity index (χ0v) is 41.4. The van der Waals surface area contributed by atoms with Gasteiger partial charge in [0.2, 0.25) is 0 Å². The molecule has 14 heteroatoms. The number of nitro groups is 2. The van der Waals surface area contributed by atoms with Gasteiger partial charge in [-0.1, -0.05) is 157 Å². The first-order valence-corrected chi connectivity index (χ1v) is 23.8. The molecule has 0 saturated carbocycles. The maximum Gasteiger partial charge on any atom is 0.494 e. The van der Waals surface area contributed by atoms with Crippen molar-refractivity contribution in [2.45, 2.75) is 38.9 Å². The number of nitrogens with zero attached hydrogens (tertiary/aromatic N) is 4. The Labute approximate surface area is 422 Å². The zero-order valence-electron chi connectivity index (χ0n) is 38.3. The minimum atomic E-state index is -0.472. The van der Waals surface area contributed by atoms with Gasteiger partial charge in [-0.2, -0.15) is 0 Å². The van der Waals surface area contributed by atoms with Crippen LogP contribution in [0.25, 0.3) is 77.0 Å². The van der Waals surface area contributed by atoms with E-state index in [2.05, 4.69) is 122 Å². The van der Waals surface area contributed by atoms with Crippen LogP contribution in [-0.4, -0.2) is 38.1 Å². The molecule has 10 nitrogen and oxygen atoms in total. The van der Waals surface area contributed by atoms with Gasteiger partial charge in [-0.3, -0.25) is 20.2 Å². The van der Waals surface area contributed by atoms with Crippen molar-refractivity contribution in [2.75, 3.05) is 0 Å². The lowest BCUT2D eigenvalue weighted by Gasteiger charge is -2.32. The average molecular weight is 1030 g/mol. The van der Waals surface area contributed by atoms with Gasteiger partial charge in [0.25, 0.3) is 11.4 Å². The summed E-state index contributed by atoms with van der Waals surface area (Å²) in [5, 5.41) is 29.4. The third kappa shape index (κ3) is 9.74. The highest BCUT2D eigenvalue weighted by atomic mass is 79.9. The third-order valence-corrected chi connectivity index (χ3v) is 13.7. The molecule has 70 heavy (non-hydrogen) atoms. The van der Waals surface area contributed by atoms with Crippen molar-refractivity contribution >= 4 is 106 Å². The van der Waals surface area contributed by atoms with Gasteiger partial charge in [0.05, 0.1) is 53.5 Å². The summed E-state index contributed by atoms with van der Waals surface area (Å²) < 4.78 is 12.9. The van der Waals surface area contributed by atoms with Crippen molar-refractivity contribution in [3.8, 4) is 33.6 Å². The second-order valence-electron chi connectivity index (χ2n) is 17.6. The van der Waals surface area contributed by atoms with Gasteiger partial charge >= 0.3 is 7.12 Å². The molecule has 0 N–H and O–H groups in total.